The predicted molar refractivity (Wildman–Crippen MR) is 97.5 cm³/mol. The fourth-order valence-electron chi connectivity index (χ4n) is 2.94. The lowest BCUT2D eigenvalue weighted by molar-refractivity contribution is -0.128. The molecular weight excluding hydrogens is 318 g/mol. The minimum Gasteiger partial charge on any atom is -0.508 e. The van der Waals surface area contributed by atoms with E-state index in [0.717, 1.165) is 22.3 Å². The second-order valence-corrected chi connectivity index (χ2v) is 5.99. The van der Waals surface area contributed by atoms with Gasteiger partial charge in [-0.25, -0.2) is 0 Å². The van der Waals surface area contributed by atoms with Gasteiger partial charge in [0.1, 0.15) is 17.6 Å². The van der Waals surface area contributed by atoms with Gasteiger partial charge in [-0.1, -0.05) is 37.3 Å². The molecule has 0 fully saturated rings. The third-order valence-corrected chi connectivity index (χ3v) is 4.26. The first kappa shape index (κ1) is 18.8. The van der Waals surface area contributed by atoms with Crippen LogP contribution >= 0.6 is 0 Å². The number of aromatic hydroxyl groups is 2. The van der Waals surface area contributed by atoms with Gasteiger partial charge in [0.25, 0.3) is 0 Å². The zero-order valence-corrected chi connectivity index (χ0v) is 14.7. The Morgan fingerprint density at radius 3 is 2.44 bits per heavy atom. The molecule has 0 aromatic heterocycles. The van der Waals surface area contributed by atoms with Gasteiger partial charge in [-0.3, -0.25) is 4.79 Å². The lowest BCUT2D eigenvalue weighted by atomic mass is 9.90. The highest BCUT2D eigenvalue weighted by Crippen LogP contribution is 2.40. The largest absolute Gasteiger partial charge is 0.508 e. The van der Waals surface area contributed by atoms with Crippen LogP contribution in [0, 0.1) is 0 Å². The van der Waals surface area contributed by atoms with E-state index in [1.165, 1.54) is 6.07 Å². The number of rotatable bonds is 8. The number of hydrogen-bond donors (Lipinski definition) is 3. The van der Waals surface area contributed by atoms with Crippen molar-refractivity contribution in [1.82, 2.24) is 0 Å². The van der Waals surface area contributed by atoms with Crippen LogP contribution in [-0.2, 0) is 22.4 Å². The molecule has 2 aromatic carbocycles. The van der Waals surface area contributed by atoms with E-state index >= 15 is 0 Å². The van der Waals surface area contributed by atoms with Gasteiger partial charge < -0.3 is 20.7 Å². The lowest BCUT2D eigenvalue weighted by Gasteiger charge is -2.18. The molecule has 0 bridgehead atoms. The van der Waals surface area contributed by atoms with E-state index in [9.17, 15) is 15.0 Å². The van der Waals surface area contributed by atoms with Crippen LogP contribution < -0.4 is 5.73 Å². The second-order valence-electron chi connectivity index (χ2n) is 5.99. The topological polar surface area (TPSA) is 92.8 Å². The first-order valence-electron chi connectivity index (χ1n) is 8.48. The summed E-state index contributed by atoms with van der Waals surface area (Å²) >= 11 is 0. The first-order chi connectivity index (χ1) is 12.0. The lowest BCUT2D eigenvalue weighted by Crippen LogP contribution is -2.28. The maximum atomic E-state index is 11.0. The van der Waals surface area contributed by atoms with E-state index in [2.05, 4.69) is 0 Å². The molecular formula is C20H25NO4. The molecule has 5 nitrogen and oxygen atoms in total. The third kappa shape index (κ3) is 4.51. The number of nitrogens with two attached hydrogens (primary N) is 1. The van der Waals surface area contributed by atoms with E-state index in [1.807, 2.05) is 37.3 Å². The van der Waals surface area contributed by atoms with Crippen LogP contribution in [0.15, 0.2) is 36.4 Å². The fraction of sp³-hybridized carbons (Fsp3) is 0.350. The second kappa shape index (κ2) is 8.53. The van der Waals surface area contributed by atoms with Crippen molar-refractivity contribution >= 4 is 5.91 Å². The van der Waals surface area contributed by atoms with Gasteiger partial charge in [0.05, 0.1) is 0 Å². The van der Waals surface area contributed by atoms with Crippen molar-refractivity contribution in [3.63, 3.8) is 0 Å². The van der Waals surface area contributed by atoms with E-state index < -0.39 is 12.0 Å². The molecule has 134 valence electrons. The van der Waals surface area contributed by atoms with Crippen LogP contribution in [0.5, 0.6) is 11.5 Å². The fourth-order valence-corrected chi connectivity index (χ4v) is 2.94. The summed E-state index contributed by atoms with van der Waals surface area (Å²) in [6, 6.07) is 11.0. The molecule has 0 aliphatic heterocycles. The number of ether oxygens (including phenoxy) is 1. The van der Waals surface area contributed by atoms with Crippen molar-refractivity contribution < 1.29 is 19.7 Å². The summed E-state index contributed by atoms with van der Waals surface area (Å²) in [5.74, 6) is -0.336. The molecule has 0 aliphatic carbocycles. The van der Waals surface area contributed by atoms with E-state index in [-0.39, 0.29) is 11.5 Å². The summed E-state index contributed by atoms with van der Waals surface area (Å²) in [6.45, 7) is 3.96. The molecule has 1 amide bonds. The third-order valence-electron chi connectivity index (χ3n) is 4.26. The summed E-state index contributed by atoms with van der Waals surface area (Å²) in [4.78, 5) is 11.0. The standard InChI is InChI=1S/C20H25NO4/c1-3-15-16(10-7-11-25-13(2)20(21)24)19(18(23)12-17(15)22)14-8-5-4-6-9-14/h4-6,8-9,12-13,22-23H,3,7,10-11H2,1-2H3,(H2,21,24). The van der Waals surface area contributed by atoms with Gasteiger partial charge in [0.2, 0.25) is 5.91 Å². The van der Waals surface area contributed by atoms with Crippen LogP contribution in [-0.4, -0.2) is 28.8 Å². The maximum absolute atomic E-state index is 11.0. The molecule has 0 heterocycles. The van der Waals surface area contributed by atoms with Crippen molar-refractivity contribution in [2.75, 3.05) is 6.61 Å². The molecule has 4 N–H and O–H groups in total. The Balaban J connectivity index is 2.29. The molecule has 0 aliphatic rings. The zero-order valence-electron chi connectivity index (χ0n) is 14.7. The Kier molecular flexibility index (Phi) is 6.42. The molecule has 1 unspecified atom stereocenters. The molecule has 5 heteroatoms. The number of carbonyl (C=O) groups excluding carboxylic acids is 1. The first-order valence-corrected chi connectivity index (χ1v) is 8.48. The van der Waals surface area contributed by atoms with Gasteiger partial charge in [-0.2, -0.15) is 0 Å². The Labute approximate surface area is 148 Å². The molecule has 0 spiro atoms. The van der Waals surface area contributed by atoms with Crippen molar-refractivity contribution in [2.45, 2.75) is 39.2 Å². The quantitative estimate of drug-likeness (QED) is 0.642. The molecule has 0 radical (unpaired) electrons. The van der Waals surface area contributed by atoms with Gasteiger partial charge in [0, 0.05) is 18.2 Å². The van der Waals surface area contributed by atoms with Crippen LogP contribution in [0.4, 0.5) is 0 Å². The highest BCUT2D eigenvalue weighted by Gasteiger charge is 2.18. The molecule has 1 atom stereocenters. The number of primary amides is 1. The number of hydrogen-bond acceptors (Lipinski definition) is 4. The minimum absolute atomic E-state index is 0.0577. The van der Waals surface area contributed by atoms with E-state index in [4.69, 9.17) is 10.5 Å². The summed E-state index contributed by atoms with van der Waals surface area (Å²) in [6.07, 6.45) is 1.28. The Hall–Kier alpha value is -2.53. The Morgan fingerprint density at radius 2 is 1.84 bits per heavy atom. The van der Waals surface area contributed by atoms with Gasteiger partial charge in [-0.15, -0.1) is 0 Å². The molecule has 2 rings (SSSR count). The monoisotopic (exact) mass is 343 g/mol. The highest BCUT2D eigenvalue weighted by molar-refractivity contribution is 5.78. The number of benzene rings is 2. The average molecular weight is 343 g/mol. The predicted octanol–water partition coefficient (Wildman–Crippen LogP) is 3.15. The number of phenolic OH excluding ortho intramolecular Hbond substituents is 2. The molecule has 25 heavy (non-hydrogen) atoms. The van der Waals surface area contributed by atoms with Crippen molar-refractivity contribution in [3.8, 4) is 22.6 Å². The SMILES string of the molecule is CCc1c(O)cc(O)c(-c2ccccc2)c1CCCOC(C)C(N)=O. The van der Waals surface area contributed by atoms with Gasteiger partial charge >= 0.3 is 0 Å². The van der Waals surface area contributed by atoms with Gasteiger partial charge in [-0.05, 0) is 42.9 Å². The highest BCUT2D eigenvalue weighted by atomic mass is 16.5. The molecule has 0 saturated heterocycles. The molecule has 2 aromatic rings. The Bertz CT molecular complexity index is 728. The van der Waals surface area contributed by atoms with Crippen LogP contribution in [0.1, 0.15) is 31.4 Å². The normalized spacial score (nSPS) is 12.1. The number of phenols is 2. The van der Waals surface area contributed by atoms with Crippen LogP contribution in [0.2, 0.25) is 0 Å². The maximum Gasteiger partial charge on any atom is 0.246 e. The van der Waals surface area contributed by atoms with Crippen LogP contribution in [0.25, 0.3) is 11.1 Å². The minimum atomic E-state index is -0.628. The summed E-state index contributed by atoms with van der Waals surface area (Å²) in [7, 11) is 0. The summed E-state index contributed by atoms with van der Waals surface area (Å²) < 4.78 is 5.41. The van der Waals surface area contributed by atoms with Crippen molar-refractivity contribution in [3.05, 3.63) is 47.5 Å². The van der Waals surface area contributed by atoms with E-state index in [0.29, 0.717) is 25.9 Å². The Morgan fingerprint density at radius 1 is 1.16 bits per heavy atom. The van der Waals surface area contributed by atoms with Crippen molar-refractivity contribution in [2.24, 2.45) is 5.73 Å². The number of carbonyl (C=O) groups is 1. The summed E-state index contributed by atoms with van der Waals surface area (Å²) in [5.41, 5.74) is 8.54. The number of amides is 1. The van der Waals surface area contributed by atoms with Gasteiger partial charge in [0.15, 0.2) is 0 Å². The van der Waals surface area contributed by atoms with Crippen LogP contribution in [0.3, 0.4) is 0 Å². The smallest absolute Gasteiger partial charge is 0.246 e. The van der Waals surface area contributed by atoms with Crippen molar-refractivity contribution in [1.29, 1.82) is 0 Å². The zero-order chi connectivity index (χ0) is 18.4. The molecule has 0 saturated carbocycles. The average Bonchev–Trinajstić information content (AvgIpc) is 2.59. The summed E-state index contributed by atoms with van der Waals surface area (Å²) in [5, 5.41) is 20.6. The van der Waals surface area contributed by atoms with E-state index in [1.54, 1.807) is 6.92 Å².